The van der Waals surface area contributed by atoms with Crippen LogP contribution in [0.15, 0.2) is 29.6 Å². The number of halogens is 1. The van der Waals surface area contributed by atoms with Gasteiger partial charge in [-0.3, -0.25) is 0 Å². The van der Waals surface area contributed by atoms with E-state index in [0.29, 0.717) is 10.7 Å². The van der Waals surface area contributed by atoms with E-state index in [-0.39, 0.29) is 11.5 Å². The molecular formula is C12H12ClNO2S2. The van der Waals surface area contributed by atoms with Gasteiger partial charge in [-0.25, -0.2) is 13.4 Å². The first-order chi connectivity index (χ1) is 8.44. The van der Waals surface area contributed by atoms with Crippen LogP contribution in [0.3, 0.4) is 0 Å². The van der Waals surface area contributed by atoms with Crippen molar-refractivity contribution < 1.29 is 8.42 Å². The predicted molar refractivity (Wildman–Crippen MR) is 74.6 cm³/mol. The number of benzene rings is 1. The molecule has 0 saturated heterocycles. The van der Waals surface area contributed by atoms with E-state index < -0.39 is 9.84 Å². The molecule has 6 heteroatoms. The number of thiazole rings is 1. The molecule has 0 N–H and O–H groups in total. The van der Waals surface area contributed by atoms with Crippen LogP contribution in [-0.4, -0.2) is 13.4 Å². The van der Waals surface area contributed by atoms with Gasteiger partial charge in [0.1, 0.15) is 0 Å². The standard InChI is InChI=1S/C12H12ClNO2S2/c1-9-14-12(6-17-9)8-18(15,16)7-10-2-4-11(13)5-3-10/h2-6H,7-8H2,1H3. The predicted octanol–water partition coefficient (Wildman–Crippen LogP) is 3.22. The van der Waals surface area contributed by atoms with Crippen LogP contribution in [0.25, 0.3) is 0 Å². The van der Waals surface area contributed by atoms with Crippen molar-refractivity contribution in [1.82, 2.24) is 4.98 Å². The van der Waals surface area contributed by atoms with Crippen molar-refractivity contribution >= 4 is 32.8 Å². The Hall–Kier alpha value is -0.910. The van der Waals surface area contributed by atoms with Crippen LogP contribution in [0.2, 0.25) is 5.02 Å². The molecular weight excluding hydrogens is 290 g/mol. The molecule has 0 fully saturated rings. The normalized spacial score (nSPS) is 11.7. The summed E-state index contributed by atoms with van der Waals surface area (Å²) in [6, 6.07) is 6.84. The largest absolute Gasteiger partial charge is 0.246 e. The SMILES string of the molecule is Cc1nc(CS(=O)(=O)Cc2ccc(Cl)cc2)cs1. The van der Waals surface area contributed by atoms with Gasteiger partial charge in [0.2, 0.25) is 0 Å². The summed E-state index contributed by atoms with van der Waals surface area (Å²) in [5, 5.41) is 3.27. The summed E-state index contributed by atoms with van der Waals surface area (Å²) in [4.78, 5) is 4.17. The number of rotatable bonds is 4. The van der Waals surface area contributed by atoms with Crippen LogP contribution < -0.4 is 0 Å². The molecule has 0 bridgehead atoms. The minimum Gasteiger partial charge on any atom is -0.246 e. The van der Waals surface area contributed by atoms with Crippen molar-refractivity contribution in [3.05, 3.63) is 50.9 Å². The molecule has 0 spiro atoms. The van der Waals surface area contributed by atoms with Crippen LogP contribution >= 0.6 is 22.9 Å². The second-order valence-electron chi connectivity index (χ2n) is 4.02. The smallest absolute Gasteiger partial charge is 0.160 e. The monoisotopic (exact) mass is 301 g/mol. The van der Waals surface area contributed by atoms with Gasteiger partial charge in [0.25, 0.3) is 0 Å². The summed E-state index contributed by atoms with van der Waals surface area (Å²) in [6.07, 6.45) is 0. The van der Waals surface area contributed by atoms with Crippen molar-refractivity contribution in [3.8, 4) is 0 Å². The molecule has 18 heavy (non-hydrogen) atoms. The Labute approximate surface area is 115 Å². The highest BCUT2D eigenvalue weighted by atomic mass is 35.5. The van der Waals surface area contributed by atoms with E-state index in [9.17, 15) is 8.42 Å². The summed E-state index contributed by atoms with van der Waals surface area (Å²) in [5.74, 6) is 0.000704. The molecule has 0 aliphatic rings. The highest BCUT2D eigenvalue weighted by Gasteiger charge is 2.14. The third-order valence-corrected chi connectivity index (χ3v) is 4.92. The Balaban J connectivity index is 2.10. The zero-order valence-electron chi connectivity index (χ0n) is 9.76. The number of sulfone groups is 1. The lowest BCUT2D eigenvalue weighted by Crippen LogP contribution is -2.07. The molecule has 0 atom stereocenters. The molecule has 0 amide bonds. The van der Waals surface area contributed by atoms with E-state index in [1.165, 1.54) is 11.3 Å². The van der Waals surface area contributed by atoms with E-state index in [1.54, 1.807) is 29.6 Å². The van der Waals surface area contributed by atoms with Crippen molar-refractivity contribution in [2.75, 3.05) is 0 Å². The van der Waals surface area contributed by atoms with Crippen molar-refractivity contribution in [2.24, 2.45) is 0 Å². The molecule has 1 aromatic carbocycles. The zero-order chi connectivity index (χ0) is 13.2. The average Bonchev–Trinajstić information content (AvgIpc) is 2.66. The van der Waals surface area contributed by atoms with Gasteiger partial charge in [0, 0.05) is 10.4 Å². The maximum atomic E-state index is 12.0. The minimum atomic E-state index is -3.19. The Bertz CT molecular complexity index is 632. The molecule has 2 rings (SSSR count). The molecule has 0 radical (unpaired) electrons. The number of hydrogen-bond donors (Lipinski definition) is 0. The molecule has 1 heterocycles. The van der Waals surface area contributed by atoms with Crippen molar-refractivity contribution in [3.63, 3.8) is 0 Å². The Morgan fingerprint density at radius 3 is 2.44 bits per heavy atom. The van der Waals surface area contributed by atoms with E-state index in [1.807, 2.05) is 6.92 Å². The van der Waals surface area contributed by atoms with E-state index in [2.05, 4.69) is 4.98 Å². The number of aryl methyl sites for hydroxylation is 1. The van der Waals surface area contributed by atoms with Gasteiger partial charge in [0.15, 0.2) is 9.84 Å². The van der Waals surface area contributed by atoms with Gasteiger partial charge in [-0.2, -0.15) is 0 Å². The summed E-state index contributed by atoms with van der Waals surface area (Å²) in [6.45, 7) is 1.86. The van der Waals surface area contributed by atoms with Crippen molar-refractivity contribution in [1.29, 1.82) is 0 Å². The van der Waals surface area contributed by atoms with Gasteiger partial charge in [0.05, 0.1) is 22.2 Å². The summed E-state index contributed by atoms with van der Waals surface area (Å²) < 4.78 is 24.0. The van der Waals surface area contributed by atoms with E-state index in [0.717, 1.165) is 10.6 Å². The fourth-order valence-electron chi connectivity index (χ4n) is 1.59. The molecule has 0 unspecified atom stereocenters. The molecule has 0 aliphatic heterocycles. The molecule has 0 aliphatic carbocycles. The van der Waals surface area contributed by atoms with Crippen LogP contribution in [0.5, 0.6) is 0 Å². The maximum Gasteiger partial charge on any atom is 0.160 e. The topological polar surface area (TPSA) is 47.0 Å². The van der Waals surface area contributed by atoms with Crippen LogP contribution in [0.4, 0.5) is 0 Å². The number of aromatic nitrogens is 1. The van der Waals surface area contributed by atoms with Gasteiger partial charge in [-0.1, -0.05) is 23.7 Å². The van der Waals surface area contributed by atoms with Gasteiger partial charge in [-0.15, -0.1) is 11.3 Å². The fraction of sp³-hybridized carbons (Fsp3) is 0.250. The van der Waals surface area contributed by atoms with Crippen LogP contribution in [0.1, 0.15) is 16.3 Å². The summed E-state index contributed by atoms with van der Waals surface area (Å²) >= 11 is 7.22. The average molecular weight is 302 g/mol. The first-order valence-corrected chi connectivity index (χ1v) is 8.38. The van der Waals surface area contributed by atoms with Crippen LogP contribution in [0, 0.1) is 6.92 Å². The highest BCUT2D eigenvalue weighted by Crippen LogP contribution is 2.16. The Morgan fingerprint density at radius 2 is 1.89 bits per heavy atom. The Morgan fingerprint density at radius 1 is 1.22 bits per heavy atom. The van der Waals surface area contributed by atoms with Gasteiger partial charge >= 0.3 is 0 Å². The molecule has 0 saturated carbocycles. The fourth-order valence-corrected chi connectivity index (χ4v) is 3.83. The van der Waals surface area contributed by atoms with E-state index in [4.69, 9.17) is 11.6 Å². The lowest BCUT2D eigenvalue weighted by Gasteiger charge is -2.03. The van der Waals surface area contributed by atoms with Crippen molar-refractivity contribution in [2.45, 2.75) is 18.4 Å². The molecule has 2 aromatic rings. The Kier molecular flexibility index (Phi) is 4.04. The first kappa shape index (κ1) is 13.5. The van der Waals surface area contributed by atoms with Gasteiger partial charge in [-0.05, 0) is 24.6 Å². The lowest BCUT2D eigenvalue weighted by atomic mass is 10.2. The molecule has 3 nitrogen and oxygen atoms in total. The maximum absolute atomic E-state index is 12.0. The second kappa shape index (κ2) is 5.38. The molecule has 1 aromatic heterocycles. The number of hydrogen-bond acceptors (Lipinski definition) is 4. The highest BCUT2D eigenvalue weighted by molar-refractivity contribution is 7.89. The van der Waals surface area contributed by atoms with Crippen LogP contribution in [-0.2, 0) is 21.3 Å². The first-order valence-electron chi connectivity index (χ1n) is 5.30. The van der Waals surface area contributed by atoms with E-state index >= 15 is 0 Å². The second-order valence-corrected chi connectivity index (χ2v) is 7.58. The third-order valence-electron chi connectivity index (χ3n) is 2.33. The number of nitrogens with zero attached hydrogens (tertiary/aromatic N) is 1. The summed E-state index contributed by atoms with van der Waals surface area (Å²) in [5.41, 5.74) is 1.36. The summed E-state index contributed by atoms with van der Waals surface area (Å²) in [7, 11) is -3.19. The third kappa shape index (κ3) is 3.80. The quantitative estimate of drug-likeness (QED) is 0.871. The minimum absolute atomic E-state index is 0.0139. The lowest BCUT2D eigenvalue weighted by molar-refractivity contribution is 0.594. The zero-order valence-corrected chi connectivity index (χ0v) is 12.1. The molecule has 96 valence electrons. The van der Waals surface area contributed by atoms with Gasteiger partial charge < -0.3 is 0 Å².